The van der Waals surface area contributed by atoms with E-state index in [2.05, 4.69) is 10.7 Å². The second kappa shape index (κ2) is 3.40. The van der Waals surface area contributed by atoms with Gasteiger partial charge >= 0.3 is 0 Å². The normalized spacial score (nSPS) is 9.50. The van der Waals surface area contributed by atoms with E-state index in [4.69, 9.17) is 17.3 Å². The molecule has 3 N–H and O–H groups in total. The van der Waals surface area contributed by atoms with E-state index in [1.165, 1.54) is 0 Å². The Morgan fingerprint density at radius 1 is 1.58 bits per heavy atom. The Labute approximate surface area is 74.7 Å². The molecule has 0 amide bonds. The van der Waals surface area contributed by atoms with Crippen molar-refractivity contribution in [3.8, 4) is 0 Å². The smallest absolute Gasteiger partial charge is 0.0840 e. The number of nitrogens with zero attached hydrogens (tertiary/aromatic N) is 1. The minimum Gasteiger partial charge on any atom is -0.397 e. The number of nitrogen functional groups attached to an aromatic ring is 1. The summed E-state index contributed by atoms with van der Waals surface area (Å²) in [4.78, 5) is 9.89. The van der Waals surface area contributed by atoms with Gasteiger partial charge in [0.15, 0.2) is 0 Å². The van der Waals surface area contributed by atoms with Gasteiger partial charge in [-0.3, -0.25) is 0 Å². The van der Waals surface area contributed by atoms with E-state index in [1.54, 1.807) is 19.1 Å². The Morgan fingerprint density at radius 3 is 2.83 bits per heavy atom. The summed E-state index contributed by atoms with van der Waals surface area (Å²) in [5.74, 6) is 0. The highest BCUT2D eigenvalue weighted by Gasteiger charge is 2.03. The molecule has 0 saturated heterocycles. The van der Waals surface area contributed by atoms with E-state index >= 15 is 0 Å². The van der Waals surface area contributed by atoms with Crippen LogP contribution in [-0.2, 0) is 0 Å². The first kappa shape index (κ1) is 8.80. The maximum Gasteiger partial charge on any atom is 0.0840 e. The number of hydrogen-bond donors (Lipinski definition) is 2. The summed E-state index contributed by atoms with van der Waals surface area (Å²) in [5.41, 5.74) is 9.57. The molecule has 5 heteroatoms. The van der Waals surface area contributed by atoms with Gasteiger partial charge in [-0.05, 0) is 24.6 Å². The van der Waals surface area contributed by atoms with Crippen molar-refractivity contribution in [2.75, 3.05) is 11.2 Å². The molecule has 0 aliphatic heterocycles. The summed E-state index contributed by atoms with van der Waals surface area (Å²) in [6.45, 7) is 1.80. The van der Waals surface area contributed by atoms with Crippen LogP contribution < -0.4 is 11.2 Å². The van der Waals surface area contributed by atoms with Crippen LogP contribution in [0.3, 0.4) is 0 Å². The van der Waals surface area contributed by atoms with Gasteiger partial charge in [-0.1, -0.05) is 11.6 Å². The second-order valence-corrected chi connectivity index (χ2v) is 2.82. The predicted molar refractivity (Wildman–Crippen MR) is 50.0 cm³/mol. The molecule has 0 saturated carbocycles. The van der Waals surface area contributed by atoms with Crippen LogP contribution in [0.15, 0.2) is 17.4 Å². The van der Waals surface area contributed by atoms with Crippen LogP contribution in [0.1, 0.15) is 5.56 Å². The van der Waals surface area contributed by atoms with Crippen LogP contribution in [0.25, 0.3) is 0 Å². The number of hydrogen-bond acceptors (Lipinski definition) is 3. The maximum absolute atomic E-state index is 9.89. The number of benzene rings is 1. The van der Waals surface area contributed by atoms with E-state index in [9.17, 15) is 4.91 Å². The lowest BCUT2D eigenvalue weighted by molar-refractivity contribution is 1.31. The predicted octanol–water partition coefficient (Wildman–Crippen LogP) is 2.32. The van der Waals surface area contributed by atoms with Gasteiger partial charge in [-0.25, -0.2) is 5.43 Å². The van der Waals surface area contributed by atoms with Crippen molar-refractivity contribution < 1.29 is 0 Å². The van der Waals surface area contributed by atoms with Crippen LogP contribution in [0.5, 0.6) is 0 Å². The van der Waals surface area contributed by atoms with Crippen molar-refractivity contribution in [3.05, 3.63) is 27.6 Å². The summed E-state index contributed by atoms with van der Waals surface area (Å²) in [5, 5.41) is 3.03. The number of halogens is 1. The average Bonchev–Trinajstić information content (AvgIpc) is 2.00. The summed E-state index contributed by atoms with van der Waals surface area (Å²) < 4.78 is 0. The first-order valence-corrected chi connectivity index (χ1v) is 3.67. The SMILES string of the molecule is Cc1cc(Cl)cc(NN=O)c1N. The van der Waals surface area contributed by atoms with Gasteiger partial charge in [0.2, 0.25) is 0 Å². The van der Waals surface area contributed by atoms with Gasteiger partial charge in [0.05, 0.1) is 16.7 Å². The van der Waals surface area contributed by atoms with Crippen molar-refractivity contribution in [2.24, 2.45) is 5.29 Å². The Hall–Kier alpha value is -1.29. The van der Waals surface area contributed by atoms with Crippen molar-refractivity contribution >= 4 is 23.0 Å². The largest absolute Gasteiger partial charge is 0.397 e. The highest BCUT2D eigenvalue weighted by Crippen LogP contribution is 2.26. The lowest BCUT2D eigenvalue weighted by Gasteiger charge is -2.06. The Bertz CT molecular complexity index is 314. The van der Waals surface area contributed by atoms with Gasteiger partial charge in [-0.2, -0.15) is 0 Å². The van der Waals surface area contributed by atoms with E-state index in [0.29, 0.717) is 16.4 Å². The molecule has 0 unspecified atom stereocenters. The third-order valence-electron chi connectivity index (χ3n) is 1.52. The lowest BCUT2D eigenvalue weighted by atomic mass is 10.2. The van der Waals surface area contributed by atoms with Crippen LogP contribution in [0, 0.1) is 11.8 Å². The Balaban J connectivity index is 3.17. The summed E-state index contributed by atoms with van der Waals surface area (Å²) in [7, 11) is 0. The van der Waals surface area contributed by atoms with E-state index in [0.717, 1.165) is 5.56 Å². The molecule has 0 aliphatic rings. The number of nitroso groups, excluding NO2 is 1. The van der Waals surface area contributed by atoms with Crippen LogP contribution in [0.2, 0.25) is 5.02 Å². The number of rotatable bonds is 2. The fraction of sp³-hybridized carbons (Fsp3) is 0.143. The average molecular weight is 186 g/mol. The minimum atomic E-state index is 0.440. The topological polar surface area (TPSA) is 67.5 Å². The molecule has 0 heterocycles. The van der Waals surface area contributed by atoms with Crippen LogP contribution in [0.4, 0.5) is 11.4 Å². The third-order valence-corrected chi connectivity index (χ3v) is 1.74. The fourth-order valence-electron chi connectivity index (χ4n) is 0.896. The first-order valence-electron chi connectivity index (χ1n) is 3.29. The molecule has 64 valence electrons. The highest BCUT2D eigenvalue weighted by molar-refractivity contribution is 6.31. The Morgan fingerprint density at radius 2 is 2.25 bits per heavy atom. The molecule has 1 aromatic carbocycles. The van der Waals surface area contributed by atoms with Gasteiger partial charge in [-0.15, -0.1) is 4.91 Å². The molecule has 1 aromatic rings. The summed E-state index contributed by atoms with van der Waals surface area (Å²) in [6.07, 6.45) is 0. The van der Waals surface area contributed by atoms with E-state index < -0.39 is 0 Å². The maximum atomic E-state index is 9.89. The first-order chi connectivity index (χ1) is 5.65. The van der Waals surface area contributed by atoms with E-state index in [1.807, 2.05) is 0 Å². The van der Waals surface area contributed by atoms with Crippen molar-refractivity contribution in [2.45, 2.75) is 6.92 Å². The second-order valence-electron chi connectivity index (χ2n) is 2.39. The zero-order chi connectivity index (χ0) is 9.14. The number of nitrogens with two attached hydrogens (primary N) is 1. The molecule has 4 nitrogen and oxygen atoms in total. The van der Waals surface area contributed by atoms with Gasteiger partial charge in [0, 0.05) is 5.02 Å². The lowest BCUT2D eigenvalue weighted by Crippen LogP contribution is -1.96. The minimum absolute atomic E-state index is 0.440. The van der Waals surface area contributed by atoms with Gasteiger partial charge in [0.25, 0.3) is 0 Å². The molecular formula is C7H8ClN3O. The van der Waals surface area contributed by atoms with Crippen molar-refractivity contribution in [1.82, 2.24) is 0 Å². The fourth-order valence-corrected chi connectivity index (χ4v) is 1.17. The zero-order valence-electron chi connectivity index (χ0n) is 6.47. The van der Waals surface area contributed by atoms with Crippen LogP contribution >= 0.6 is 11.6 Å². The Kier molecular flexibility index (Phi) is 2.50. The molecule has 0 aliphatic carbocycles. The molecule has 0 spiro atoms. The molecule has 1 rings (SSSR count). The standard InChI is InChI=1S/C7H8ClN3O/c1-4-2-5(8)3-6(7(4)9)10-11-12/h2-3H,9H2,1H3,(H,10,12). The van der Waals surface area contributed by atoms with Gasteiger partial charge in [0.1, 0.15) is 0 Å². The van der Waals surface area contributed by atoms with Crippen LogP contribution in [-0.4, -0.2) is 0 Å². The molecule has 0 aromatic heterocycles. The summed E-state index contributed by atoms with van der Waals surface area (Å²) >= 11 is 5.72. The highest BCUT2D eigenvalue weighted by atomic mass is 35.5. The molecule has 0 atom stereocenters. The van der Waals surface area contributed by atoms with Crippen molar-refractivity contribution in [1.29, 1.82) is 0 Å². The number of aryl methyl sites for hydroxylation is 1. The van der Waals surface area contributed by atoms with Gasteiger partial charge < -0.3 is 5.73 Å². The quantitative estimate of drug-likeness (QED) is 0.422. The van der Waals surface area contributed by atoms with Crippen molar-refractivity contribution in [3.63, 3.8) is 0 Å². The molecule has 0 radical (unpaired) electrons. The molecular weight excluding hydrogens is 178 g/mol. The van der Waals surface area contributed by atoms with E-state index in [-0.39, 0.29) is 0 Å². The summed E-state index contributed by atoms with van der Waals surface area (Å²) in [6, 6.07) is 3.26. The molecule has 0 bridgehead atoms. The number of nitrogens with one attached hydrogen (secondary N) is 1. The third kappa shape index (κ3) is 1.65. The monoisotopic (exact) mass is 185 g/mol. The zero-order valence-corrected chi connectivity index (χ0v) is 7.22. The molecule has 12 heavy (non-hydrogen) atoms. The number of anilines is 2. The molecule has 0 fully saturated rings.